The van der Waals surface area contributed by atoms with Gasteiger partial charge in [-0.25, -0.2) is 0 Å². The van der Waals surface area contributed by atoms with Crippen LogP contribution in [0.25, 0.3) is 0 Å². The second kappa shape index (κ2) is 6.73. The molecule has 3 atom stereocenters. The average molecular weight is 276 g/mol. The molecular weight excluding hydrogens is 244 g/mol. The van der Waals surface area contributed by atoms with Gasteiger partial charge in [0.25, 0.3) is 0 Å². The maximum atomic E-state index is 6.46. The normalized spacial score (nSPS) is 17.1. The Balaban J connectivity index is 3.17. The fourth-order valence-electron chi connectivity index (χ4n) is 2.75. The molecular formula is C18H32N2. The van der Waals surface area contributed by atoms with E-state index in [0.717, 1.165) is 6.42 Å². The van der Waals surface area contributed by atoms with Gasteiger partial charge in [0.15, 0.2) is 0 Å². The van der Waals surface area contributed by atoms with Gasteiger partial charge >= 0.3 is 0 Å². The summed E-state index contributed by atoms with van der Waals surface area (Å²) in [7, 11) is 2.21. The number of rotatable bonds is 5. The van der Waals surface area contributed by atoms with E-state index in [4.69, 9.17) is 5.73 Å². The van der Waals surface area contributed by atoms with E-state index in [9.17, 15) is 0 Å². The Bertz CT molecular complexity index is 420. The van der Waals surface area contributed by atoms with Crippen molar-refractivity contribution in [3.63, 3.8) is 0 Å². The number of aryl methyl sites for hydroxylation is 1. The molecule has 2 N–H and O–H groups in total. The lowest BCUT2D eigenvalue weighted by Gasteiger charge is -2.43. The Morgan fingerprint density at radius 3 is 2.20 bits per heavy atom. The Hall–Kier alpha value is -0.860. The molecule has 1 aromatic carbocycles. The molecule has 0 bridgehead atoms. The molecule has 20 heavy (non-hydrogen) atoms. The molecule has 2 heteroatoms. The molecule has 0 saturated heterocycles. The molecule has 1 rings (SSSR count). The van der Waals surface area contributed by atoms with Crippen LogP contribution >= 0.6 is 0 Å². The van der Waals surface area contributed by atoms with E-state index in [-0.39, 0.29) is 17.5 Å². The Kier molecular flexibility index (Phi) is 5.79. The van der Waals surface area contributed by atoms with Gasteiger partial charge in [-0.3, -0.25) is 4.90 Å². The van der Waals surface area contributed by atoms with Crippen molar-refractivity contribution < 1.29 is 0 Å². The first kappa shape index (κ1) is 17.2. The largest absolute Gasteiger partial charge is 0.326 e. The molecule has 0 aliphatic rings. The highest BCUT2D eigenvalue weighted by Crippen LogP contribution is 2.33. The van der Waals surface area contributed by atoms with Gasteiger partial charge in [0.1, 0.15) is 0 Å². The van der Waals surface area contributed by atoms with Crippen LogP contribution in [0.4, 0.5) is 0 Å². The summed E-state index contributed by atoms with van der Waals surface area (Å²) in [6, 6.07) is 9.52. The summed E-state index contributed by atoms with van der Waals surface area (Å²) in [4.78, 5) is 2.45. The first-order valence-electron chi connectivity index (χ1n) is 7.73. The number of hydrogen-bond donors (Lipinski definition) is 1. The van der Waals surface area contributed by atoms with E-state index >= 15 is 0 Å². The van der Waals surface area contributed by atoms with E-state index in [1.807, 2.05) is 0 Å². The van der Waals surface area contributed by atoms with Crippen LogP contribution in [-0.2, 0) is 0 Å². The third kappa shape index (κ3) is 3.83. The molecule has 1 aromatic rings. The zero-order valence-corrected chi connectivity index (χ0v) is 14.3. The summed E-state index contributed by atoms with van der Waals surface area (Å²) in [5, 5.41) is 0. The molecule has 0 aliphatic carbocycles. The predicted octanol–water partition coefficient (Wildman–Crippen LogP) is 4.14. The minimum absolute atomic E-state index is 0.158. The second-order valence-corrected chi connectivity index (χ2v) is 7.08. The third-order valence-corrected chi connectivity index (χ3v) is 4.69. The molecule has 0 saturated carbocycles. The second-order valence-electron chi connectivity index (χ2n) is 7.08. The maximum Gasteiger partial charge on any atom is 0.0501 e. The Labute approximate surface area is 125 Å². The molecule has 3 unspecified atom stereocenters. The van der Waals surface area contributed by atoms with Crippen molar-refractivity contribution in [2.45, 2.75) is 66.1 Å². The van der Waals surface area contributed by atoms with Crippen molar-refractivity contribution >= 4 is 0 Å². The molecule has 2 nitrogen and oxygen atoms in total. The highest BCUT2D eigenvalue weighted by Gasteiger charge is 2.32. The van der Waals surface area contributed by atoms with E-state index in [0.29, 0.717) is 6.04 Å². The van der Waals surface area contributed by atoms with Crippen LogP contribution in [0.15, 0.2) is 24.3 Å². The van der Waals surface area contributed by atoms with Crippen molar-refractivity contribution in [2.24, 2.45) is 11.1 Å². The number of benzene rings is 1. The summed E-state index contributed by atoms with van der Waals surface area (Å²) in [5.41, 5.74) is 9.39. The van der Waals surface area contributed by atoms with Crippen molar-refractivity contribution in [2.75, 3.05) is 7.05 Å². The quantitative estimate of drug-likeness (QED) is 0.875. The fraction of sp³-hybridized carbons (Fsp3) is 0.667. The smallest absolute Gasteiger partial charge is 0.0501 e. The van der Waals surface area contributed by atoms with Crippen molar-refractivity contribution in [3.8, 4) is 0 Å². The summed E-state index contributed by atoms with van der Waals surface area (Å²) in [6.45, 7) is 13.5. The van der Waals surface area contributed by atoms with Gasteiger partial charge < -0.3 is 5.73 Å². The van der Waals surface area contributed by atoms with Crippen molar-refractivity contribution in [1.29, 1.82) is 0 Å². The minimum atomic E-state index is 0.158. The summed E-state index contributed by atoms with van der Waals surface area (Å²) >= 11 is 0. The zero-order valence-electron chi connectivity index (χ0n) is 14.3. The van der Waals surface area contributed by atoms with Crippen LogP contribution in [-0.4, -0.2) is 24.0 Å². The summed E-state index contributed by atoms with van der Waals surface area (Å²) < 4.78 is 0. The van der Waals surface area contributed by atoms with Crippen LogP contribution in [0.2, 0.25) is 0 Å². The third-order valence-electron chi connectivity index (χ3n) is 4.69. The lowest BCUT2D eigenvalue weighted by Crippen LogP contribution is -2.47. The van der Waals surface area contributed by atoms with Crippen LogP contribution in [0.3, 0.4) is 0 Å². The molecule has 114 valence electrons. The van der Waals surface area contributed by atoms with Crippen LogP contribution in [0.1, 0.15) is 58.2 Å². The summed E-state index contributed by atoms with van der Waals surface area (Å²) in [5.74, 6) is 0. The zero-order chi connectivity index (χ0) is 15.5. The van der Waals surface area contributed by atoms with Gasteiger partial charge in [-0.15, -0.1) is 0 Å². The number of nitrogens with zero attached hydrogens (tertiary/aromatic N) is 1. The van der Waals surface area contributed by atoms with Crippen molar-refractivity contribution in [1.82, 2.24) is 4.90 Å². The Morgan fingerprint density at radius 1 is 1.20 bits per heavy atom. The van der Waals surface area contributed by atoms with E-state index in [1.54, 1.807) is 0 Å². The van der Waals surface area contributed by atoms with E-state index in [2.05, 4.69) is 77.8 Å². The molecule has 0 amide bonds. The van der Waals surface area contributed by atoms with Crippen molar-refractivity contribution in [3.05, 3.63) is 35.4 Å². The van der Waals surface area contributed by atoms with Gasteiger partial charge in [0.2, 0.25) is 0 Å². The number of hydrogen-bond acceptors (Lipinski definition) is 2. The van der Waals surface area contributed by atoms with Gasteiger partial charge in [0.05, 0.1) is 6.04 Å². The molecule has 0 heterocycles. The highest BCUT2D eigenvalue weighted by molar-refractivity contribution is 5.30. The van der Waals surface area contributed by atoms with Crippen LogP contribution in [0, 0.1) is 12.3 Å². The standard InChI is InChI=1S/C18H32N2/c1-8-16(19)17(15-12-10-9-11-13(15)2)20(7)14(3)18(4,5)6/h9-12,14,16-17H,8,19H2,1-7H3. The van der Waals surface area contributed by atoms with Crippen LogP contribution < -0.4 is 5.73 Å². The van der Waals surface area contributed by atoms with Gasteiger partial charge in [0, 0.05) is 12.1 Å². The molecule has 0 aliphatic heterocycles. The lowest BCUT2D eigenvalue weighted by molar-refractivity contribution is 0.0828. The van der Waals surface area contributed by atoms with Gasteiger partial charge in [-0.05, 0) is 43.9 Å². The highest BCUT2D eigenvalue weighted by atomic mass is 15.2. The first-order chi connectivity index (χ1) is 9.20. The lowest BCUT2D eigenvalue weighted by atomic mass is 9.84. The number of likely N-dealkylation sites (N-methyl/N-ethyl adjacent to an activating group) is 1. The number of nitrogens with two attached hydrogens (primary N) is 1. The fourth-order valence-corrected chi connectivity index (χ4v) is 2.75. The average Bonchev–Trinajstić information content (AvgIpc) is 2.38. The molecule has 0 aromatic heterocycles. The first-order valence-corrected chi connectivity index (χ1v) is 7.73. The van der Waals surface area contributed by atoms with Gasteiger partial charge in [-0.1, -0.05) is 52.0 Å². The topological polar surface area (TPSA) is 29.3 Å². The molecule has 0 radical (unpaired) electrons. The molecule has 0 fully saturated rings. The SMILES string of the molecule is CCC(N)C(c1ccccc1C)N(C)C(C)C(C)(C)C. The summed E-state index contributed by atoms with van der Waals surface area (Å²) in [6.07, 6.45) is 0.986. The maximum absolute atomic E-state index is 6.46. The van der Waals surface area contributed by atoms with E-state index in [1.165, 1.54) is 11.1 Å². The molecule has 0 spiro atoms. The van der Waals surface area contributed by atoms with Crippen LogP contribution in [0.5, 0.6) is 0 Å². The Morgan fingerprint density at radius 2 is 1.75 bits per heavy atom. The van der Waals surface area contributed by atoms with Gasteiger partial charge in [-0.2, -0.15) is 0 Å². The monoisotopic (exact) mass is 276 g/mol. The minimum Gasteiger partial charge on any atom is -0.326 e. The van der Waals surface area contributed by atoms with E-state index < -0.39 is 0 Å². The predicted molar refractivity (Wildman–Crippen MR) is 88.9 cm³/mol.